The molecular weight excluding hydrogens is 176 g/mol. The van der Waals surface area contributed by atoms with Gasteiger partial charge in [0.15, 0.2) is 0 Å². The van der Waals surface area contributed by atoms with Gasteiger partial charge < -0.3 is 10.2 Å². The molecule has 8 rings (SSSR count). The number of aliphatic hydroxyl groups excluding tert-OH is 2. The van der Waals surface area contributed by atoms with E-state index in [2.05, 4.69) is 0 Å². The lowest BCUT2D eigenvalue weighted by Crippen LogP contribution is -2.83. The molecule has 0 amide bonds. The largest absolute Gasteiger partial charge is 0.393 e. The Morgan fingerprint density at radius 1 is 0.571 bits per heavy atom. The van der Waals surface area contributed by atoms with Crippen LogP contribution >= 0.6 is 0 Å². The molecular formula is C12H16O2. The Hall–Kier alpha value is -0.0800. The van der Waals surface area contributed by atoms with Crippen LogP contribution < -0.4 is 0 Å². The van der Waals surface area contributed by atoms with Crippen molar-refractivity contribution in [3.05, 3.63) is 0 Å². The van der Waals surface area contributed by atoms with Crippen molar-refractivity contribution in [3.8, 4) is 0 Å². The highest BCUT2D eigenvalue weighted by molar-refractivity contribution is 5.28. The van der Waals surface area contributed by atoms with Crippen LogP contribution in [0.15, 0.2) is 0 Å². The first-order chi connectivity index (χ1) is 6.79. The minimum Gasteiger partial charge on any atom is -0.393 e. The Morgan fingerprint density at radius 2 is 0.929 bits per heavy atom. The molecule has 8 aliphatic carbocycles. The van der Waals surface area contributed by atoms with Gasteiger partial charge >= 0.3 is 0 Å². The van der Waals surface area contributed by atoms with Crippen LogP contribution in [-0.4, -0.2) is 22.4 Å². The summed E-state index contributed by atoms with van der Waals surface area (Å²) in [5, 5.41) is 20.1. The van der Waals surface area contributed by atoms with E-state index in [-0.39, 0.29) is 12.2 Å². The second-order valence-corrected chi connectivity index (χ2v) is 6.40. The first kappa shape index (κ1) is 7.24. The van der Waals surface area contributed by atoms with E-state index in [0.717, 1.165) is 48.3 Å². The topological polar surface area (TPSA) is 40.5 Å². The third-order valence-corrected chi connectivity index (χ3v) is 6.56. The fourth-order valence-corrected chi connectivity index (χ4v) is 6.57. The predicted octanol–water partition coefficient (Wildman–Crippen LogP) is 0.486. The van der Waals surface area contributed by atoms with Gasteiger partial charge in [0, 0.05) is 0 Å². The SMILES string of the molecule is O[C@@H]1C[C@H]2[C@@H]3[C@H]4[C@H]5C[C@@H](O)[C@@H]([C@@H]24)[C@@H]1[C@H]53. The number of rotatable bonds is 0. The van der Waals surface area contributed by atoms with Crippen molar-refractivity contribution in [1.82, 2.24) is 0 Å². The van der Waals surface area contributed by atoms with Crippen LogP contribution in [0.4, 0.5) is 0 Å². The molecule has 2 heteroatoms. The van der Waals surface area contributed by atoms with Gasteiger partial charge in [-0.1, -0.05) is 0 Å². The van der Waals surface area contributed by atoms with Gasteiger partial charge in [-0.05, 0) is 60.2 Å². The van der Waals surface area contributed by atoms with Gasteiger partial charge in [-0.2, -0.15) is 0 Å². The molecule has 0 aromatic heterocycles. The molecule has 0 aromatic rings. The standard InChI is InChI=1S/C12H16O2/c13-5-1-3-7-8-4-2-6(14)12(9(3)8)11(5)10(4)7/h3-14H,1-2H2/t3-,4+,5-,6-,7-,8-,9-,10+,11+,12+/m1/s1. The molecule has 0 spiro atoms. The second-order valence-electron chi connectivity index (χ2n) is 6.40. The zero-order chi connectivity index (χ0) is 9.19. The third-order valence-electron chi connectivity index (χ3n) is 6.56. The Morgan fingerprint density at radius 3 is 1.36 bits per heavy atom. The van der Waals surface area contributed by atoms with Crippen molar-refractivity contribution in [1.29, 1.82) is 0 Å². The van der Waals surface area contributed by atoms with E-state index in [1.165, 1.54) is 0 Å². The van der Waals surface area contributed by atoms with E-state index in [9.17, 15) is 10.2 Å². The molecule has 2 N–H and O–H groups in total. The summed E-state index contributed by atoms with van der Waals surface area (Å²) in [4.78, 5) is 0. The molecule has 8 bridgehead atoms. The molecule has 14 heavy (non-hydrogen) atoms. The lowest BCUT2D eigenvalue weighted by atomic mass is 9.21. The fraction of sp³-hybridized carbons (Fsp3) is 1.00. The molecule has 76 valence electrons. The van der Waals surface area contributed by atoms with Gasteiger partial charge in [-0.25, -0.2) is 0 Å². The number of hydrogen-bond donors (Lipinski definition) is 2. The number of fused-ring (bicyclic) bond motifs is 2. The van der Waals surface area contributed by atoms with Crippen molar-refractivity contribution in [2.45, 2.75) is 25.0 Å². The van der Waals surface area contributed by atoms with E-state index < -0.39 is 0 Å². The van der Waals surface area contributed by atoms with E-state index >= 15 is 0 Å². The smallest absolute Gasteiger partial charge is 0.0577 e. The van der Waals surface area contributed by atoms with Crippen molar-refractivity contribution >= 4 is 0 Å². The van der Waals surface area contributed by atoms with Crippen LogP contribution in [0.3, 0.4) is 0 Å². The number of aliphatic hydroxyl groups is 2. The molecule has 8 aliphatic rings. The molecule has 8 fully saturated rings. The molecule has 0 unspecified atom stereocenters. The van der Waals surface area contributed by atoms with Gasteiger partial charge in [0.05, 0.1) is 12.2 Å². The minimum atomic E-state index is -0.0683. The number of hydrogen-bond acceptors (Lipinski definition) is 2. The minimum absolute atomic E-state index is 0.0683. The lowest BCUT2D eigenvalue weighted by molar-refractivity contribution is -0.394. The summed E-state index contributed by atoms with van der Waals surface area (Å²) in [6.07, 6.45) is 1.98. The average Bonchev–Trinajstić information content (AvgIpc) is 2.16. The van der Waals surface area contributed by atoms with Crippen LogP contribution in [-0.2, 0) is 0 Å². The lowest BCUT2D eigenvalue weighted by Gasteiger charge is -2.84. The average molecular weight is 192 g/mol. The van der Waals surface area contributed by atoms with Crippen LogP contribution in [0.2, 0.25) is 0 Å². The third kappa shape index (κ3) is 0.455. The van der Waals surface area contributed by atoms with Crippen LogP contribution in [0.25, 0.3) is 0 Å². The van der Waals surface area contributed by atoms with E-state index in [1.807, 2.05) is 0 Å². The van der Waals surface area contributed by atoms with Gasteiger partial charge in [0.25, 0.3) is 0 Å². The van der Waals surface area contributed by atoms with Crippen LogP contribution in [0.1, 0.15) is 12.8 Å². The van der Waals surface area contributed by atoms with Crippen molar-refractivity contribution in [2.75, 3.05) is 0 Å². The summed E-state index contributed by atoms with van der Waals surface area (Å²) in [6, 6.07) is 0. The summed E-state index contributed by atoms with van der Waals surface area (Å²) in [7, 11) is 0. The molecule has 8 saturated carbocycles. The summed E-state index contributed by atoms with van der Waals surface area (Å²) in [5.41, 5.74) is 0. The zero-order valence-electron chi connectivity index (χ0n) is 8.08. The Kier molecular flexibility index (Phi) is 0.931. The predicted molar refractivity (Wildman–Crippen MR) is 49.2 cm³/mol. The maximum Gasteiger partial charge on any atom is 0.0577 e. The molecule has 2 nitrogen and oxygen atoms in total. The second kappa shape index (κ2) is 1.80. The molecule has 0 heterocycles. The van der Waals surface area contributed by atoms with E-state index in [0.29, 0.717) is 11.8 Å². The van der Waals surface area contributed by atoms with E-state index in [4.69, 9.17) is 0 Å². The Bertz CT molecular complexity index is 296. The molecule has 0 radical (unpaired) electrons. The monoisotopic (exact) mass is 192 g/mol. The van der Waals surface area contributed by atoms with Crippen LogP contribution in [0, 0.1) is 47.3 Å². The maximum absolute atomic E-state index is 10.1. The summed E-state index contributed by atoms with van der Waals surface area (Å²) >= 11 is 0. The van der Waals surface area contributed by atoms with Gasteiger partial charge in [-0.15, -0.1) is 0 Å². The molecule has 0 aromatic carbocycles. The first-order valence-corrected chi connectivity index (χ1v) is 6.15. The van der Waals surface area contributed by atoms with Crippen molar-refractivity contribution in [3.63, 3.8) is 0 Å². The molecule has 0 aliphatic heterocycles. The highest BCUT2D eigenvalue weighted by atomic mass is 16.3. The van der Waals surface area contributed by atoms with Gasteiger partial charge in [0.2, 0.25) is 0 Å². The van der Waals surface area contributed by atoms with Crippen molar-refractivity contribution in [2.24, 2.45) is 47.3 Å². The van der Waals surface area contributed by atoms with Gasteiger partial charge in [0.1, 0.15) is 0 Å². The first-order valence-electron chi connectivity index (χ1n) is 6.15. The summed E-state index contributed by atoms with van der Waals surface area (Å²) in [6.45, 7) is 0. The highest BCUT2D eigenvalue weighted by Crippen LogP contribution is 2.82. The Balaban J connectivity index is 1.70. The van der Waals surface area contributed by atoms with Crippen LogP contribution in [0.5, 0.6) is 0 Å². The summed E-state index contributed by atoms with van der Waals surface area (Å²) in [5.74, 6) is 6.23. The Labute approximate surface area is 83.3 Å². The molecule has 0 saturated heterocycles. The maximum atomic E-state index is 10.1. The highest BCUT2D eigenvalue weighted by Gasteiger charge is 2.81. The zero-order valence-corrected chi connectivity index (χ0v) is 8.08. The fourth-order valence-electron chi connectivity index (χ4n) is 6.57. The normalized spacial score (nSPS) is 81.0. The van der Waals surface area contributed by atoms with Crippen molar-refractivity contribution < 1.29 is 10.2 Å². The quantitative estimate of drug-likeness (QED) is 0.586. The molecule has 10 atom stereocenters. The van der Waals surface area contributed by atoms with E-state index in [1.54, 1.807) is 0 Å². The summed E-state index contributed by atoms with van der Waals surface area (Å²) < 4.78 is 0. The van der Waals surface area contributed by atoms with Gasteiger partial charge in [-0.3, -0.25) is 0 Å².